The Kier molecular flexibility index (Phi) is 4.25. The number of hydrogen-bond acceptors (Lipinski definition) is 2. The lowest BCUT2D eigenvalue weighted by molar-refractivity contribution is -0.119. The highest BCUT2D eigenvalue weighted by Crippen LogP contribution is 2.41. The van der Waals surface area contributed by atoms with Gasteiger partial charge in [-0.15, -0.1) is 0 Å². The lowest BCUT2D eigenvalue weighted by atomic mass is 9.78. The van der Waals surface area contributed by atoms with E-state index in [1.165, 1.54) is 36.8 Å². The minimum absolute atomic E-state index is 0.206. The molecule has 2 rings (SSSR count). The molecule has 1 aliphatic rings. The number of carbonyl (C=O) groups excluding carboxylic acids is 1. The normalized spacial score (nSPS) is 17.8. The molecule has 0 heterocycles. The molecule has 0 atom stereocenters. The number of primary amides is 1. The molecule has 0 bridgehead atoms. The quantitative estimate of drug-likeness (QED) is 0.882. The average Bonchev–Trinajstić information content (AvgIpc) is 2.78. The van der Waals surface area contributed by atoms with Crippen molar-refractivity contribution < 1.29 is 4.79 Å². The zero-order valence-corrected chi connectivity index (χ0v) is 12.0. The standard InChI is InChI=1S/C16H24N2O/c1-13-5-7-14(8-6-13)16(9-3-4-10-16)12-18(2)11-15(17)19/h5-8H,3-4,9-12H2,1-2H3,(H2,17,19). The van der Waals surface area contributed by atoms with E-state index < -0.39 is 0 Å². The monoisotopic (exact) mass is 260 g/mol. The van der Waals surface area contributed by atoms with Crippen LogP contribution in [0.15, 0.2) is 24.3 Å². The van der Waals surface area contributed by atoms with Crippen molar-refractivity contribution in [3.05, 3.63) is 35.4 Å². The summed E-state index contributed by atoms with van der Waals surface area (Å²) in [5.74, 6) is -0.250. The maximum Gasteiger partial charge on any atom is 0.231 e. The largest absolute Gasteiger partial charge is 0.369 e. The van der Waals surface area contributed by atoms with Crippen LogP contribution in [0.2, 0.25) is 0 Å². The van der Waals surface area contributed by atoms with Gasteiger partial charge in [0.1, 0.15) is 0 Å². The van der Waals surface area contributed by atoms with E-state index in [0.29, 0.717) is 6.54 Å². The van der Waals surface area contributed by atoms with Crippen molar-refractivity contribution >= 4 is 5.91 Å². The highest BCUT2D eigenvalue weighted by Gasteiger charge is 2.36. The van der Waals surface area contributed by atoms with Gasteiger partial charge >= 0.3 is 0 Å². The second-order valence-corrected chi connectivity index (χ2v) is 5.99. The Morgan fingerprint density at radius 3 is 2.37 bits per heavy atom. The van der Waals surface area contributed by atoms with Crippen LogP contribution in [0.5, 0.6) is 0 Å². The molecule has 19 heavy (non-hydrogen) atoms. The first-order valence-electron chi connectivity index (χ1n) is 7.06. The fourth-order valence-corrected chi connectivity index (χ4v) is 3.34. The predicted octanol–water partition coefficient (Wildman–Crippen LogP) is 2.22. The van der Waals surface area contributed by atoms with Crippen molar-refractivity contribution in [2.24, 2.45) is 5.73 Å². The molecular weight excluding hydrogens is 236 g/mol. The summed E-state index contributed by atoms with van der Waals surface area (Å²) in [6.07, 6.45) is 4.97. The van der Waals surface area contributed by atoms with Crippen LogP contribution < -0.4 is 5.73 Å². The van der Waals surface area contributed by atoms with Crippen LogP contribution in [-0.4, -0.2) is 30.9 Å². The third-order valence-electron chi connectivity index (χ3n) is 4.22. The van der Waals surface area contributed by atoms with Crippen LogP contribution in [0.4, 0.5) is 0 Å². The third kappa shape index (κ3) is 3.35. The molecule has 3 nitrogen and oxygen atoms in total. The number of rotatable bonds is 5. The fraction of sp³-hybridized carbons (Fsp3) is 0.562. The first kappa shape index (κ1) is 14.1. The van der Waals surface area contributed by atoms with Crippen molar-refractivity contribution in [2.45, 2.75) is 38.0 Å². The van der Waals surface area contributed by atoms with Crippen molar-refractivity contribution in [1.29, 1.82) is 0 Å². The molecule has 1 aliphatic carbocycles. The molecule has 0 aromatic heterocycles. The van der Waals surface area contributed by atoms with Crippen molar-refractivity contribution in [3.8, 4) is 0 Å². The van der Waals surface area contributed by atoms with Crippen LogP contribution in [0, 0.1) is 6.92 Å². The maximum atomic E-state index is 11.0. The zero-order valence-electron chi connectivity index (χ0n) is 12.0. The number of hydrogen-bond donors (Lipinski definition) is 1. The Hall–Kier alpha value is -1.35. The Labute approximate surface area is 115 Å². The molecule has 0 saturated heterocycles. The summed E-state index contributed by atoms with van der Waals surface area (Å²) in [5, 5.41) is 0. The lowest BCUT2D eigenvalue weighted by Gasteiger charge is -2.34. The molecule has 104 valence electrons. The smallest absolute Gasteiger partial charge is 0.231 e. The van der Waals surface area contributed by atoms with Gasteiger partial charge in [0.05, 0.1) is 6.54 Å². The molecule has 1 saturated carbocycles. The predicted molar refractivity (Wildman–Crippen MR) is 78.0 cm³/mol. The van der Waals surface area contributed by atoms with Crippen LogP contribution in [0.25, 0.3) is 0 Å². The number of aryl methyl sites for hydroxylation is 1. The molecule has 1 aromatic rings. The molecule has 0 radical (unpaired) electrons. The van der Waals surface area contributed by atoms with Crippen LogP contribution >= 0.6 is 0 Å². The van der Waals surface area contributed by atoms with E-state index in [2.05, 4.69) is 36.1 Å². The molecule has 3 heteroatoms. The third-order valence-corrected chi connectivity index (χ3v) is 4.22. The lowest BCUT2D eigenvalue weighted by Crippen LogP contribution is -2.41. The van der Waals surface area contributed by atoms with Crippen molar-refractivity contribution in [2.75, 3.05) is 20.1 Å². The Balaban J connectivity index is 2.18. The van der Waals surface area contributed by atoms with Crippen LogP contribution in [0.1, 0.15) is 36.8 Å². The molecule has 1 aromatic carbocycles. The maximum absolute atomic E-state index is 11.0. The van der Waals surface area contributed by atoms with Gasteiger partial charge in [-0.25, -0.2) is 0 Å². The zero-order chi connectivity index (χ0) is 13.9. The topological polar surface area (TPSA) is 46.3 Å². The fourth-order valence-electron chi connectivity index (χ4n) is 3.34. The van der Waals surface area contributed by atoms with Gasteiger partial charge in [0.25, 0.3) is 0 Å². The minimum Gasteiger partial charge on any atom is -0.369 e. The molecule has 0 unspecified atom stereocenters. The van der Waals surface area contributed by atoms with E-state index in [1.54, 1.807) is 0 Å². The van der Waals surface area contributed by atoms with Crippen molar-refractivity contribution in [3.63, 3.8) is 0 Å². The number of amides is 1. The number of likely N-dealkylation sites (N-methyl/N-ethyl adjacent to an activating group) is 1. The highest BCUT2D eigenvalue weighted by atomic mass is 16.1. The highest BCUT2D eigenvalue weighted by molar-refractivity contribution is 5.75. The van der Waals surface area contributed by atoms with Gasteiger partial charge in [-0.2, -0.15) is 0 Å². The summed E-state index contributed by atoms with van der Waals surface area (Å²) in [6.45, 7) is 3.37. The Morgan fingerprint density at radius 1 is 1.26 bits per heavy atom. The molecule has 1 fully saturated rings. The van der Waals surface area contributed by atoms with Gasteiger partial charge in [-0.1, -0.05) is 42.7 Å². The van der Waals surface area contributed by atoms with Crippen LogP contribution in [-0.2, 0) is 10.2 Å². The van der Waals surface area contributed by atoms with E-state index in [1.807, 2.05) is 7.05 Å². The number of nitrogens with two attached hydrogens (primary N) is 1. The SMILES string of the molecule is Cc1ccc(C2(CN(C)CC(N)=O)CCCC2)cc1. The van der Waals surface area contributed by atoms with E-state index in [0.717, 1.165) is 6.54 Å². The average molecular weight is 260 g/mol. The van der Waals surface area contributed by atoms with E-state index in [-0.39, 0.29) is 11.3 Å². The second-order valence-electron chi connectivity index (χ2n) is 5.99. The first-order chi connectivity index (χ1) is 9.02. The van der Waals surface area contributed by atoms with Gasteiger partial charge in [0, 0.05) is 12.0 Å². The molecule has 1 amide bonds. The van der Waals surface area contributed by atoms with Crippen LogP contribution in [0.3, 0.4) is 0 Å². The second kappa shape index (κ2) is 5.74. The van der Waals surface area contributed by atoms with E-state index in [4.69, 9.17) is 5.73 Å². The summed E-state index contributed by atoms with van der Waals surface area (Å²) in [4.78, 5) is 13.1. The van der Waals surface area contributed by atoms with Gasteiger partial charge < -0.3 is 5.73 Å². The summed E-state index contributed by atoms with van der Waals surface area (Å²) in [5.41, 5.74) is 8.20. The van der Waals surface area contributed by atoms with Gasteiger partial charge in [-0.05, 0) is 32.4 Å². The Bertz CT molecular complexity index is 433. The molecule has 2 N–H and O–H groups in total. The summed E-state index contributed by atoms with van der Waals surface area (Å²) in [7, 11) is 1.99. The molecular formula is C16H24N2O. The van der Waals surface area contributed by atoms with E-state index >= 15 is 0 Å². The summed E-state index contributed by atoms with van der Waals surface area (Å²) < 4.78 is 0. The summed E-state index contributed by atoms with van der Waals surface area (Å²) in [6, 6.07) is 8.87. The van der Waals surface area contributed by atoms with Gasteiger partial charge in [0.2, 0.25) is 5.91 Å². The van der Waals surface area contributed by atoms with Gasteiger partial charge in [0.15, 0.2) is 0 Å². The number of nitrogens with zero attached hydrogens (tertiary/aromatic N) is 1. The number of carbonyl (C=O) groups is 1. The molecule has 0 spiro atoms. The van der Waals surface area contributed by atoms with Crippen molar-refractivity contribution in [1.82, 2.24) is 4.90 Å². The summed E-state index contributed by atoms with van der Waals surface area (Å²) >= 11 is 0. The van der Waals surface area contributed by atoms with E-state index in [9.17, 15) is 4.79 Å². The number of benzene rings is 1. The molecule has 0 aliphatic heterocycles. The van der Waals surface area contributed by atoms with Gasteiger partial charge in [-0.3, -0.25) is 9.69 Å². The Morgan fingerprint density at radius 2 is 1.84 bits per heavy atom. The minimum atomic E-state index is -0.250. The first-order valence-corrected chi connectivity index (χ1v) is 7.06.